The molecule has 1 saturated heterocycles. The van der Waals surface area contributed by atoms with Gasteiger partial charge in [0.2, 0.25) is 0 Å². The molecule has 0 aliphatic carbocycles. The van der Waals surface area contributed by atoms with E-state index in [-0.39, 0.29) is 11.7 Å². The van der Waals surface area contributed by atoms with Crippen LogP contribution < -0.4 is 21.9 Å². The van der Waals surface area contributed by atoms with Crippen molar-refractivity contribution in [2.75, 3.05) is 25.4 Å². The number of fused-ring (bicyclic) bond motifs is 1. The number of carbonyl (C=O) groups is 1. The van der Waals surface area contributed by atoms with Crippen molar-refractivity contribution in [1.82, 2.24) is 9.47 Å². The fraction of sp³-hybridized carbons (Fsp3) is 0.267. The van der Waals surface area contributed by atoms with E-state index < -0.39 is 0 Å². The summed E-state index contributed by atoms with van der Waals surface area (Å²) < 4.78 is 7.97. The summed E-state index contributed by atoms with van der Waals surface area (Å²) in [5, 5.41) is 8.84. The zero-order valence-electron chi connectivity index (χ0n) is 21.4. The molecule has 5 rings (SSSR count). The summed E-state index contributed by atoms with van der Waals surface area (Å²) in [5.41, 5.74) is 21.1. The predicted molar refractivity (Wildman–Crippen MR) is 152 cm³/mol. The summed E-state index contributed by atoms with van der Waals surface area (Å²) in [4.78, 5) is 15.7. The van der Waals surface area contributed by atoms with Crippen LogP contribution in [0.4, 0.5) is 5.69 Å². The molecule has 0 saturated carbocycles. The number of ether oxygens (including phenoxy) is 1. The van der Waals surface area contributed by atoms with Gasteiger partial charge in [-0.15, -0.1) is 0 Å². The highest BCUT2D eigenvalue weighted by atomic mass is 16.5. The number of aromatic nitrogens is 1. The van der Waals surface area contributed by atoms with Gasteiger partial charge in [-0.05, 0) is 85.8 Å². The second-order valence-corrected chi connectivity index (χ2v) is 9.93. The van der Waals surface area contributed by atoms with Crippen LogP contribution in [0.3, 0.4) is 0 Å². The van der Waals surface area contributed by atoms with Crippen molar-refractivity contribution in [2.24, 2.45) is 17.4 Å². The van der Waals surface area contributed by atoms with Crippen molar-refractivity contribution in [1.29, 1.82) is 5.41 Å². The summed E-state index contributed by atoms with van der Waals surface area (Å²) in [7, 11) is 0. The van der Waals surface area contributed by atoms with Gasteiger partial charge >= 0.3 is 0 Å². The lowest BCUT2D eigenvalue weighted by molar-refractivity contribution is 0.0678. The number of benzene rings is 3. The second kappa shape index (κ2) is 11.0. The molecule has 1 amide bonds. The van der Waals surface area contributed by atoms with E-state index in [1.54, 1.807) is 12.1 Å². The van der Waals surface area contributed by atoms with E-state index in [1.165, 1.54) is 0 Å². The van der Waals surface area contributed by atoms with Gasteiger partial charge in [-0.1, -0.05) is 24.3 Å². The first-order valence-corrected chi connectivity index (χ1v) is 13.0. The molecule has 8 nitrogen and oxygen atoms in total. The van der Waals surface area contributed by atoms with Crippen LogP contribution >= 0.6 is 0 Å². The third-order valence-electron chi connectivity index (χ3n) is 7.29. The number of rotatable bonds is 8. The lowest BCUT2D eigenvalue weighted by atomic mass is 9.93. The maximum absolute atomic E-state index is 13.7. The van der Waals surface area contributed by atoms with E-state index in [0.717, 1.165) is 48.8 Å². The summed E-state index contributed by atoms with van der Waals surface area (Å²) in [6, 6.07) is 22.7. The van der Waals surface area contributed by atoms with Crippen LogP contribution in [0.5, 0.6) is 11.5 Å². The second-order valence-electron chi connectivity index (χ2n) is 9.93. The normalized spacial score (nSPS) is 14.1. The Bertz CT molecular complexity index is 1430. The number of hydrogen-bond donors (Lipinski definition) is 4. The maximum atomic E-state index is 13.7. The zero-order valence-corrected chi connectivity index (χ0v) is 21.4. The molecule has 2 heterocycles. The lowest BCUT2D eigenvalue weighted by Gasteiger charge is -2.32. The Labute approximate surface area is 222 Å². The van der Waals surface area contributed by atoms with Gasteiger partial charge < -0.3 is 31.4 Å². The molecule has 0 spiro atoms. The van der Waals surface area contributed by atoms with Crippen LogP contribution in [-0.2, 0) is 6.54 Å². The molecule has 3 aromatic carbocycles. The molecule has 4 aromatic rings. The number of carbonyl (C=O) groups excluding carboxylic acids is 1. The van der Waals surface area contributed by atoms with Crippen LogP contribution in [0, 0.1) is 11.3 Å². The summed E-state index contributed by atoms with van der Waals surface area (Å²) in [6.07, 6.45) is 2.97. The van der Waals surface area contributed by atoms with Gasteiger partial charge in [0.25, 0.3) is 5.91 Å². The summed E-state index contributed by atoms with van der Waals surface area (Å²) >= 11 is 0. The number of nitrogens with zero attached hydrogens (tertiary/aromatic N) is 2. The van der Waals surface area contributed by atoms with Crippen molar-refractivity contribution in [3.63, 3.8) is 0 Å². The molecule has 0 bridgehead atoms. The summed E-state index contributed by atoms with van der Waals surface area (Å²) in [6.45, 7) is 2.66. The fourth-order valence-corrected chi connectivity index (χ4v) is 5.11. The van der Waals surface area contributed by atoms with Crippen LogP contribution in [-0.4, -0.2) is 40.8 Å². The Balaban J connectivity index is 1.42. The standard InChI is InChI=1S/C30H34N6O2/c31-14-11-20-12-15-35(16-13-20)30(37)28-17-22-3-4-23(29(33)34)18-27(22)36(28)19-21-1-7-25(8-2-21)38-26-9-5-24(32)6-10-26/h1-10,17-18,20H,11-16,19,31-32H2,(H3,33,34). The molecular weight excluding hydrogens is 476 g/mol. The Hall–Kier alpha value is -4.30. The van der Waals surface area contributed by atoms with Crippen LogP contribution in [0.25, 0.3) is 10.9 Å². The highest BCUT2D eigenvalue weighted by molar-refractivity contribution is 6.02. The van der Waals surface area contributed by atoms with E-state index in [1.807, 2.05) is 70.1 Å². The molecule has 8 heteroatoms. The van der Waals surface area contributed by atoms with Gasteiger partial charge in [0.15, 0.2) is 0 Å². The molecule has 0 radical (unpaired) electrons. The largest absolute Gasteiger partial charge is 0.457 e. The van der Waals surface area contributed by atoms with Crippen molar-refractivity contribution in [3.8, 4) is 11.5 Å². The summed E-state index contributed by atoms with van der Waals surface area (Å²) in [5.74, 6) is 2.04. The van der Waals surface area contributed by atoms with Gasteiger partial charge in [-0.25, -0.2) is 0 Å². The lowest BCUT2D eigenvalue weighted by Crippen LogP contribution is -2.39. The Morgan fingerprint density at radius 3 is 2.24 bits per heavy atom. The van der Waals surface area contributed by atoms with Crippen LogP contribution in [0.1, 0.15) is 40.9 Å². The molecular formula is C30H34N6O2. The third kappa shape index (κ3) is 5.50. The van der Waals surface area contributed by atoms with Crippen molar-refractivity contribution < 1.29 is 9.53 Å². The minimum atomic E-state index is -0.00123. The number of amides is 1. The third-order valence-corrected chi connectivity index (χ3v) is 7.29. The number of likely N-dealkylation sites (tertiary alicyclic amines) is 1. The highest BCUT2D eigenvalue weighted by Crippen LogP contribution is 2.28. The van der Waals surface area contributed by atoms with E-state index in [9.17, 15) is 4.79 Å². The van der Waals surface area contributed by atoms with Gasteiger partial charge in [0.1, 0.15) is 23.0 Å². The van der Waals surface area contributed by atoms with Crippen molar-refractivity contribution in [3.05, 3.63) is 89.6 Å². The number of nitrogens with two attached hydrogens (primary N) is 3. The maximum Gasteiger partial charge on any atom is 0.270 e. The minimum absolute atomic E-state index is 0.00123. The number of nitrogens with one attached hydrogen (secondary N) is 1. The van der Waals surface area contributed by atoms with Crippen LogP contribution in [0.15, 0.2) is 72.8 Å². The van der Waals surface area contributed by atoms with E-state index in [4.69, 9.17) is 27.3 Å². The predicted octanol–water partition coefficient (Wildman–Crippen LogP) is 4.55. The monoisotopic (exact) mass is 510 g/mol. The first kappa shape index (κ1) is 25.4. The smallest absolute Gasteiger partial charge is 0.270 e. The van der Waals surface area contributed by atoms with E-state index in [0.29, 0.717) is 47.5 Å². The van der Waals surface area contributed by atoms with Crippen molar-refractivity contribution >= 4 is 28.3 Å². The topological polar surface area (TPSA) is 136 Å². The zero-order chi connectivity index (χ0) is 26.6. The first-order valence-electron chi connectivity index (χ1n) is 13.0. The molecule has 1 fully saturated rings. The van der Waals surface area contributed by atoms with Crippen LogP contribution in [0.2, 0.25) is 0 Å². The molecule has 0 atom stereocenters. The van der Waals surface area contributed by atoms with E-state index >= 15 is 0 Å². The SMILES string of the molecule is N=C(N)c1ccc2cc(C(=O)N3CCC(CCN)CC3)n(Cc3ccc(Oc4ccc(N)cc4)cc3)c2c1. The molecule has 1 aliphatic rings. The Morgan fingerprint density at radius 1 is 0.947 bits per heavy atom. The molecule has 0 unspecified atom stereocenters. The van der Waals surface area contributed by atoms with Gasteiger partial charge in [-0.2, -0.15) is 0 Å². The molecule has 1 aromatic heterocycles. The Kier molecular flexibility index (Phi) is 7.33. The fourth-order valence-electron chi connectivity index (χ4n) is 5.11. The van der Waals surface area contributed by atoms with Gasteiger partial charge in [0, 0.05) is 41.8 Å². The Morgan fingerprint density at radius 2 is 1.61 bits per heavy atom. The number of piperidine rings is 1. The van der Waals surface area contributed by atoms with E-state index in [2.05, 4.69) is 0 Å². The average molecular weight is 511 g/mol. The minimum Gasteiger partial charge on any atom is -0.457 e. The molecule has 1 aliphatic heterocycles. The average Bonchev–Trinajstić information content (AvgIpc) is 3.28. The van der Waals surface area contributed by atoms with Crippen molar-refractivity contribution in [2.45, 2.75) is 25.8 Å². The molecule has 7 N–H and O–H groups in total. The highest BCUT2D eigenvalue weighted by Gasteiger charge is 2.26. The molecule has 38 heavy (non-hydrogen) atoms. The number of hydrogen-bond acceptors (Lipinski definition) is 5. The number of amidine groups is 1. The first-order chi connectivity index (χ1) is 18.4. The van der Waals surface area contributed by atoms with Gasteiger partial charge in [0.05, 0.1) is 0 Å². The number of nitrogen functional groups attached to an aromatic ring is 2. The molecule has 196 valence electrons. The van der Waals surface area contributed by atoms with Gasteiger partial charge in [-0.3, -0.25) is 10.2 Å². The number of anilines is 1. The quantitative estimate of drug-likeness (QED) is 0.157.